The number of benzene rings is 4. The van der Waals surface area contributed by atoms with Crippen LogP contribution in [0.1, 0.15) is 34.7 Å². The lowest BCUT2D eigenvalue weighted by Crippen LogP contribution is -2.19. The van der Waals surface area contributed by atoms with Crippen molar-refractivity contribution in [2.75, 3.05) is 0 Å². The molecule has 0 bridgehead atoms. The maximum Gasteiger partial charge on any atom is 0.298 e. The summed E-state index contributed by atoms with van der Waals surface area (Å²) in [5.74, 6) is -0.337. The van der Waals surface area contributed by atoms with Crippen LogP contribution in [-0.2, 0) is 26.7 Å². The molecule has 4 aromatic rings. The molecule has 39 heavy (non-hydrogen) atoms. The summed E-state index contributed by atoms with van der Waals surface area (Å²) < 4.78 is 80.5. The summed E-state index contributed by atoms with van der Waals surface area (Å²) in [4.78, 5) is -1.08. The maximum atomic E-state index is 12.3. The fraction of sp³-hybridized carbons (Fsp3) is 0.111. The van der Waals surface area contributed by atoms with Gasteiger partial charge in [0.2, 0.25) is 0 Å². The standard InChI is InChI=1S/C27H24N2O8S2/c28-26(16-7-3-1-4-8-16)36-22-12-18-11-19-13-23(37-27(29)17-9-5-2-6-10-17)25(39(33,34)35)15-21(19)20(18)14-24(22)38(30,31)32/h1-10,12-15,26-27H,11,28-29H2,(H,30,31,32)(H,33,34,35). The van der Waals surface area contributed by atoms with Gasteiger partial charge < -0.3 is 9.47 Å². The summed E-state index contributed by atoms with van der Waals surface area (Å²) in [6, 6.07) is 22.6. The third kappa shape index (κ3) is 5.52. The zero-order chi connectivity index (χ0) is 27.9. The van der Waals surface area contributed by atoms with E-state index in [9.17, 15) is 25.9 Å². The highest BCUT2D eigenvalue weighted by Gasteiger charge is 2.30. The fourth-order valence-corrected chi connectivity index (χ4v) is 5.74. The van der Waals surface area contributed by atoms with E-state index in [4.69, 9.17) is 20.9 Å². The number of hydrogen-bond acceptors (Lipinski definition) is 8. The minimum absolute atomic E-state index is 0.169. The second kappa shape index (κ2) is 10.1. The molecule has 0 saturated heterocycles. The highest BCUT2D eigenvalue weighted by Crippen LogP contribution is 2.45. The van der Waals surface area contributed by atoms with Crippen LogP contribution in [0.3, 0.4) is 0 Å². The first-order valence-corrected chi connectivity index (χ1v) is 14.5. The smallest absolute Gasteiger partial charge is 0.298 e. The molecule has 0 radical (unpaired) electrons. The van der Waals surface area contributed by atoms with Gasteiger partial charge in [0.05, 0.1) is 0 Å². The summed E-state index contributed by atoms with van der Waals surface area (Å²) in [6.07, 6.45) is -1.81. The van der Waals surface area contributed by atoms with Gasteiger partial charge in [-0.3, -0.25) is 20.6 Å². The van der Waals surface area contributed by atoms with Crippen molar-refractivity contribution < 1.29 is 35.4 Å². The molecule has 1 aliphatic rings. The molecule has 0 aromatic heterocycles. The molecule has 5 rings (SSSR count). The molecule has 0 amide bonds. The minimum Gasteiger partial charge on any atom is -0.470 e. The fourth-order valence-electron chi connectivity index (χ4n) is 4.49. The average molecular weight is 569 g/mol. The molecule has 1 aliphatic carbocycles. The van der Waals surface area contributed by atoms with Crippen molar-refractivity contribution in [1.29, 1.82) is 0 Å². The van der Waals surface area contributed by atoms with Crippen LogP contribution in [0.2, 0.25) is 0 Å². The summed E-state index contributed by atoms with van der Waals surface area (Å²) in [5, 5.41) is 0. The van der Waals surface area contributed by atoms with E-state index in [1.807, 2.05) is 0 Å². The Kier molecular flexibility index (Phi) is 6.93. The molecule has 10 nitrogen and oxygen atoms in total. The third-order valence-electron chi connectivity index (χ3n) is 6.33. The normalized spacial score (nSPS) is 14.3. The highest BCUT2D eigenvalue weighted by molar-refractivity contribution is 7.86. The second-order valence-electron chi connectivity index (χ2n) is 8.94. The predicted molar refractivity (Wildman–Crippen MR) is 142 cm³/mol. The minimum atomic E-state index is -4.77. The quantitative estimate of drug-likeness (QED) is 0.159. The van der Waals surface area contributed by atoms with Crippen molar-refractivity contribution in [2.24, 2.45) is 11.5 Å². The van der Waals surface area contributed by atoms with E-state index in [1.54, 1.807) is 60.7 Å². The molecule has 2 atom stereocenters. The first-order valence-electron chi connectivity index (χ1n) is 11.7. The molecular formula is C27H24N2O8S2. The maximum absolute atomic E-state index is 12.3. The lowest BCUT2D eigenvalue weighted by atomic mass is 10.1. The number of rotatable bonds is 8. The molecule has 0 saturated carbocycles. The first-order chi connectivity index (χ1) is 18.4. The molecule has 202 valence electrons. The molecule has 12 heteroatoms. The molecule has 0 fully saturated rings. The second-order valence-corrected chi connectivity index (χ2v) is 11.7. The number of nitrogens with two attached hydrogens (primary N) is 2. The Balaban J connectivity index is 1.58. The number of fused-ring (bicyclic) bond motifs is 3. The largest absolute Gasteiger partial charge is 0.470 e. The van der Waals surface area contributed by atoms with Crippen molar-refractivity contribution in [3.63, 3.8) is 0 Å². The topological polar surface area (TPSA) is 179 Å². The van der Waals surface area contributed by atoms with E-state index in [2.05, 4.69) is 0 Å². The summed E-state index contributed by atoms with van der Waals surface area (Å²) in [7, 11) is -9.54. The monoisotopic (exact) mass is 568 g/mol. The van der Waals surface area contributed by atoms with Gasteiger partial charge in [-0.2, -0.15) is 16.8 Å². The van der Waals surface area contributed by atoms with E-state index in [1.165, 1.54) is 24.3 Å². The van der Waals surface area contributed by atoms with E-state index in [0.717, 1.165) is 0 Å². The number of ether oxygens (including phenoxy) is 2. The van der Waals surface area contributed by atoms with Crippen LogP contribution in [0.4, 0.5) is 0 Å². The van der Waals surface area contributed by atoms with Crippen LogP contribution in [0, 0.1) is 0 Å². The summed E-state index contributed by atoms with van der Waals surface area (Å²) in [6.45, 7) is 0. The van der Waals surface area contributed by atoms with Gasteiger partial charge in [0.25, 0.3) is 20.2 Å². The van der Waals surface area contributed by atoms with Crippen molar-refractivity contribution in [3.8, 4) is 22.6 Å². The van der Waals surface area contributed by atoms with Gasteiger partial charge in [0.1, 0.15) is 21.3 Å². The van der Waals surface area contributed by atoms with Crippen LogP contribution < -0.4 is 20.9 Å². The Morgan fingerprint density at radius 3 is 1.31 bits per heavy atom. The van der Waals surface area contributed by atoms with Crippen molar-refractivity contribution in [2.45, 2.75) is 28.7 Å². The zero-order valence-electron chi connectivity index (χ0n) is 20.3. The van der Waals surface area contributed by atoms with Gasteiger partial charge in [-0.1, -0.05) is 60.7 Å². The van der Waals surface area contributed by atoms with Crippen LogP contribution in [-0.4, -0.2) is 25.9 Å². The molecule has 6 N–H and O–H groups in total. The predicted octanol–water partition coefficient (Wildman–Crippen LogP) is 3.82. The highest BCUT2D eigenvalue weighted by atomic mass is 32.2. The van der Waals surface area contributed by atoms with E-state index < -0.39 is 42.5 Å². The summed E-state index contributed by atoms with van der Waals surface area (Å²) in [5.41, 5.74) is 15.3. The lowest BCUT2D eigenvalue weighted by molar-refractivity contribution is 0.207. The van der Waals surface area contributed by atoms with Crippen LogP contribution in [0.5, 0.6) is 11.5 Å². The van der Waals surface area contributed by atoms with Crippen molar-refractivity contribution in [3.05, 3.63) is 107 Å². The van der Waals surface area contributed by atoms with E-state index >= 15 is 0 Å². The SMILES string of the molecule is NC(Oc1cc2c(cc1S(=O)(=O)O)-c1cc(S(=O)(=O)O)c(OC(N)c3ccccc3)cc1C2)c1ccccc1. The Hall–Kier alpha value is -3.78. The Morgan fingerprint density at radius 1 is 0.615 bits per heavy atom. The molecule has 0 heterocycles. The molecular weight excluding hydrogens is 544 g/mol. The van der Waals surface area contributed by atoms with Gasteiger partial charge in [-0.15, -0.1) is 0 Å². The van der Waals surface area contributed by atoms with Gasteiger partial charge in [-0.05, 0) is 52.9 Å². The Bertz CT molecular complexity index is 1630. The first kappa shape index (κ1) is 26.8. The molecule has 0 aliphatic heterocycles. The van der Waals surface area contributed by atoms with Crippen LogP contribution in [0.15, 0.2) is 94.7 Å². The Morgan fingerprint density at radius 2 is 0.974 bits per heavy atom. The van der Waals surface area contributed by atoms with E-state index in [0.29, 0.717) is 33.4 Å². The van der Waals surface area contributed by atoms with Gasteiger partial charge in [-0.25, -0.2) is 0 Å². The third-order valence-corrected chi connectivity index (χ3v) is 8.08. The summed E-state index contributed by atoms with van der Waals surface area (Å²) >= 11 is 0. The van der Waals surface area contributed by atoms with Gasteiger partial charge >= 0.3 is 0 Å². The van der Waals surface area contributed by atoms with Crippen LogP contribution >= 0.6 is 0 Å². The molecule has 4 aromatic carbocycles. The number of hydrogen-bond donors (Lipinski definition) is 4. The molecule has 2 unspecified atom stereocenters. The average Bonchev–Trinajstić information content (AvgIpc) is 3.24. The van der Waals surface area contributed by atoms with Crippen molar-refractivity contribution in [1.82, 2.24) is 0 Å². The van der Waals surface area contributed by atoms with Crippen LogP contribution in [0.25, 0.3) is 11.1 Å². The van der Waals surface area contributed by atoms with Gasteiger partial charge in [0, 0.05) is 11.1 Å². The van der Waals surface area contributed by atoms with Crippen molar-refractivity contribution >= 4 is 20.2 Å². The Labute approximate surface area is 225 Å². The zero-order valence-corrected chi connectivity index (χ0v) is 21.9. The van der Waals surface area contributed by atoms with E-state index in [-0.39, 0.29) is 17.9 Å². The van der Waals surface area contributed by atoms with Gasteiger partial charge in [0.15, 0.2) is 12.5 Å². The molecule has 0 spiro atoms. The lowest BCUT2D eigenvalue weighted by Gasteiger charge is -2.18.